The Balaban J connectivity index is 1.82. The summed E-state index contributed by atoms with van der Waals surface area (Å²) in [6.45, 7) is 2.88. The highest BCUT2D eigenvalue weighted by Gasteiger charge is 2.15. The van der Waals surface area contributed by atoms with Gasteiger partial charge in [-0.3, -0.25) is 4.79 Å². The van der Waals surface area contributed by atoms with Crippen molar-refractivity contribution in [1.82, 2.24) is 0 Å². The average Bonchev–Trinajstić information content (AvgIpc) is 2.61. The third-order valence-corrected chi connectivity index (χ3v) is 4.58. The third-order valence-electron chi connectivity index (χ3n) is 3.84. The first-order valence-corrected chi connectivity index (χ1v) is 9.25. The Hall–Kier alpha value is -1.75. The van der Waals surface area contributed by atoms with E-state index in [9.17, 15) is 4.79 Å². The number of ether oxygens (including phenoxy) is 2. The molecule has 0 aliphatic carbocycles. The standard InChI is InChI=1S/C20H22Cl2O4/c1-2-25-19(13-20(23)24)15-6-8-16(9-7-15)26-11-3-4-14-5-10-17(21)18(22)12-14/h5-10,12,19H,2-4,11,13H2,1H3,(H,23,24)/t19-/m1/s1. The van der Waals surface area contributed by atoms with Gasteiger partial charge >= 0.3 is 5.97 Å². The zero-order valence-electron chi connectivity index (χ0n) is 14.6. The number of aliphatic carboxylic acids is 1. The second-order valence-electron chi connectivity index (χ2n) is 5.81. The molecule has 0 saturated carbocycles. The quantitative estimate of drug-likeness (QED) is 0.534. The fourth-order valence-electron chi connectivity index (χ4n) is 2.57. The maximum Gasteiger partial charge on any atom is 0.306 e. The van der Waals surface area contributed by atoms with Crippen LogP contribution in [0, 0.1) is 0 Å². The van der Waals surface area contributed by atoms with Crippen molar-refractivity contribution in [3.63, 3.8) is 0 Å². The monoisotopic (exact) mass is 396 g/mol. The normalized spacial score (nSPS) is 12.0. The van der Waals surface area contributed by atoms with E-state index >= 15 is 0 Å². The van der Waals surface area contributed by atoms with Crippen LogP contribution >= 0.6 is 23.2 Å². The van der Waals surface area contributed by atoms with Crippen LogP contribution in [-0.4, -0.2) is 24.3 Å². The third kappa shape index (κ3) is 6.52. The molecule has 4 nitrogen and oxygen atoms in total. The molecule has 2 rings (SSSR count). The van der Waals surface area contributed by atoms with Gasteiger partial charge in [0.25, 0.3) is 0 Å². The van der Waals surface area contributed by atoms with E-state index in [1.54, 1.807) is 6.07 Å². The molecule has 1 atom stereocenters. The number of benzene rings is 2. The van der Waals surface area contributed by atoms with E-state index in [0.717, 1.165) is 29.7 Å². The van der Waals surface area contributed by atoms with Crippen LogP contribution in [0.4, 0.5) is 0 Å². The molecule has 140 valence electrons. The van der Waals surface area contributed by atoms with Gasteiger partial charge in [0.15, 0.2) is 0 Å². The summed E-state index contributed by atoms with van der Waals surface area (Å²) in [6, 6.07) is 13.0. The Morgan fingerprint density at radius 3 is 2.46 bits per heavy atom. The lowest BCUT2D eigenvalue weighted by Gasteiger charge is -2.16. The molecule has 26 heavy (non-hydrogen) atoms. The lowest BCUT2D eigenvalue weighted by Crippen LogP contribution is -2.10. The van der Waals surface area contributed by atoms with Crippen molar-refractivity contribution in [2.24, 2.45) is 0 Å². The summed E-state index contributed by atoms with van der Waals surface area (Å²) in [5.74, 6) is -0.139. The fraction of sp³-hybridized carbons (Fsp3) is 0.350. The van der Waals surface area contributed by atoms with E-state index in [4.69, 9.17) is 37.8 Å². The average molecular weight is 397 g/mol. The smallest absolute Gasteiger partial charge is 0.306 e. The van der Waals surface area contributed by atoms with Crippen LogP contribution in [0.3, 0.4) is 0 Å². The molecule has 0 saturated heterocycles. The first kappa shape index (κ1) is 20.6. The van der Waals surface area contributed by atoms with Gasteiger partial charge in [-0.1, -0.05) is 41.4 Å². The zero-order valence-corrected chi connectivity index (χ0v) is 16.1. The molecule has 2 aromatic rings. The molecule has 0 amide bonds. The van der Waals surface area contributed by atoms with Gasteiger partial charge in [-0.15, -0.1) is 0 Å². The largest absolute Gasteiger partial charge is 0.494 e. The Morgan fingerprint density at radius 1 is 1.12 bits per heavy atom. The van der Waals surface area contributed by atoms with E-state index in [0.29, 0.717) is 23.3 Å². The lowest BCUT2D eigenvalue weighted by atomic mass is 10.1. The van der Waals surface area contributed by atoms with Crippen molar-refractivity contribution in [2.75, 3.05) is 13.2 Å². The van der Waals surface area contributed by atoms with Gasteiger partial charge in [0, 0.05) is 6.61 Å². The van der Waals surface area contributed by atoms with Crippen LogP contribution in [0.25, 0.3) is 0 Å². The fourth-order valence-corrected chi connectivity index (χ4v) is 2.89. The van der Waals surface area contributed by atoms with E-state index in [1.165, 1.54) is 0 Å². The minimum absolute atomic E-state index is 0.0578. The second-order valence-corrected chi connectivity index (χ2v) is 6.63. The Morgan fingerprint density at radius 2 is 1.85 bits per heavy atom. The molecule has 0 bridgehead atoms. The Labute approximate surface area is 163 Å². The SMILES string of the molecule is CCO[C@H](CC(=O)O)c1ccc(OCCCc2ccc(Cl)c(Cl)c2)cc1. The number of hydrogen-bond donors (Lipinski definition) is 1. The van der Waals surface area contributed by atoms with Crippen molar-refractivity contribution in [3.05, 3.63) is 63.6 Å². The highest BCUT2D eigenvalue weighted by molar-refractivity contribution is 6.42. The molecule has 0 aliphatic heterocycles. The van der Waals surface area contributed by atoms with Gasteiger partial charge in [-0.2, -0.15) is 0 Å². The number of aryl methyl sites for hydroxylation is 1. The molecular weight excluding hydrogens is 375 g/mol. The molecule has 6 heteroatoms. The summed E-state index contributed by atoms with van der Waals surface area (Å²) in [7, 11) is 0. The van der Waals surface area contributed by atoms with Crippen LogP contribution in [0.1, 0.15) is 37.0 Å². The number of hydrogen-bond acceptors (Lipinski definition) is 3. The molecule has 0 aliphatic rings. The zero-order chi connectivity index (χ0) is 18.9. The van der Waals surface area contributed by atoms with Crippen molar-refractivity contribution in [1.29, 1.82) is 0 Å². The molecule has 0 unspecified atom stereocenters. The first-order valence-electron chi connectivity index (χ1n) is 8.49. The first-order chi connectivity index (χ1) is 12.5. The lowest BCUT2D eigenvalue weighted by molar-refractivity contribution is -0.140. The molecule has 0 radical (unpaired) electrons. The van der Waals surface area contributed by atoms with Crippen LogP contribution < -0.4 is 4.74 Å². The maximum atomic E-state index is 10.9. The van der Waals surface area contributed by atoms with Gasteiger partial charge in [-0.25, -0.2) is 0 Å². The van der Waals surface area contributed by atoms with Gasteiger partial charge in [-0.05, 0) is 55.2 Å². The predicted octanol–water partition coefficient (Wildman–Crippen LogP) is 5.56. The van der Waals surface area contributed by atoms with Crippen LogP contribution in [0.15, 0.2) is 42.5 Å². The van der Waals surface area contributed by atoms with Crippen molar-refractivity contribution < 1.29 is 19.4 Å². The van der Waals surface area contributed by atoms with Gasteiger partial charge in [0.1, 0.15) is 5.75 Å². The van der Waals surface area contributed by atoms with Gasteiger partial charge in [0.2, 0.25) is 0 Å². The van der Waals surface area contributed by atoms with Crippen molar-refractivity contribution >= 4 is 29.2 Å². The molecular formula is C20H22Cl2O4. The van der Waals surface area contributed by atoms with Crippen LogP contribution in [0.5, 0.6) is 5.75 Å². The topological polar surface area (TPSA) is 55.8 Å². The molecule has 2 aromatic carbocycles. The minimum Gasteiger partial charge on any atom is -0.494 e. The summed E-state index contributed by atoms with van der Waals surface area (Å²) >= 11 is 11.9. The molecule has 0 spiro atoms. The predicted molar refractivity (Wildman–Crippen MR) is 103 cm³/mol. The van der Waals surface area contributed by atoms with E-state index in [1.807, 2.05) is 43.3 Å². The Kier molecular flexibility index (Phi) is 8.23. The van der Waals surface area contributed by atoms with E-state index in [-0.39, 0.29) is 6.42 Å². The highest BCUT2D eigenvalue weighted by atomic mass is 35.5. The molecule has 0 heterocycles. The number of rotatable bonds is 10. The molecule has 0 fully saturated rings. The summed E-state index contributed by atoms with van der Waals surface area (Å²) < 4.78 is 11.2. The van der Waals surface area contributed by atoms with Gasteiger partial charge < -0.3 is 14.6 Å². The van der Waals surface area contributed by atoms with Crippen LogP contribution in [0.2, 0.25) is 10.0 Å². The number of halogens is 2. The summed E-state index contributed by atoms with van der Waals surface area (Å²) in [4.78, 5) is 10.9. The number of carboxylic acid groups (broad SMARTS) is 1. The Bertz CT molecular complexity index is 716. The van der Waals surface area contributed by atoms with Crippen LogP contribution in [-0.2, 0) is 16.0 Å². The molecule has 1 N–H and O–H groups in total. The van der Waals surface area contributed by atoms with E-state index in [2.05, 4.69) is 0 Å². The van der Waals surface area contributed by atoms with E-state index < -0.39 is 12.1 Å². The minimum atomic E-state index is -0.883. The highest BCUT2D eigenvalue weighted by Crippen LogP contribution is 2.25. The van der Waals surface area contributed by atoms with Crippen molar-refractivity contribution in [2.45, 2.75) is 32.3 Å². The van der Waals surface area contributed by atoms with Crippen molar-refractivity contribution in [3.8, 4) is 5.75 Å². The number of carbonyl (C=O) groups is 1. The summed E-state index contributed by atoms with van der Waals surface area (Å²) in [5.41, 5.74) is 1.95. The number of carboxylic acids is 1. The molecule has 0 aromatic heterocycles. The van der Waals surface area contributed by atoms with Gasteiger partial charge in [0.05, 0.1) is 29.2 Å². The second kappa shape index (κ2) is 10.4. The summed E-state index contributed by atoms with van der Waals surface area (Å²) in [6.07, 6.45) is 1.19. The maximum absolute atomic E-state index is 10.9. The summed E-state index contributed by atoms with van der Waals surface area (Å²) in [5, 5.41) is 10.1.